The average Bonchev–Trinajstić information content (AvgIpc) is 2.54. The van der Waals surface area contributed by atoms with Crippen molar-refractivity contribution < 1.29 is 4.79 Å². The maximum Gasteiger partial charge on any atom is 0.253 e. The molecule has 17 heavy (non-hydrogen) atoms. The van der Waals surface area contributed by atoms with Gasteiger partial charge in [0, 0.05) is 34.7 Å². The number of nitrogens with one attached hydrogen (secondary N) is 1. The predicted octanol–water partition coefficient (Wildman–Crippen LogP) is 3.08. The van der Waals surface area contributed by atoms with Gasteiger partial charge in [-0.25, -0.2) is 0 Å². The first-order chi connectivity index (χ1) is 7.99. The summed E-state index contributed by atoms with van der Waals surface area (Å²) in [6.45, 7) is 3.91. The quantitative estimate of drug-likeness (QED) is 0.907. The van der Waals surface area contributed by atoms with E-state index in [1.165, 1.54) is 0 Å². The van der Waals surface area contributed by atoms with Crippen molar-refractivity contribution in [2.45, 2.75) is 19.9 Å². The van der Waals surface area contributed by atoms with Gasteiger partial charge in [-0.05, 0) is 32.0 Å². The van der Waals surface area contributed by atoms with E-state index in [1.807, 2.05) is 49.9 Å². The molecule has 0 aliphatic rings. The first kappa shape index (κ1) is 12.2. The first-order valence-corrected chi connectivity index (χ1v) is 6.34. The fourth-order valence-electron chi connectivity index (χ4n) is 1.89. The number of aryl methyl sites for hydroxylation is 1. The molecule has 1 N–H and O–H groups in total. The molecule has 1 aromatic heterocycles. The smallest absolute Gasteiger partial charge is 0.253 e. The van der Waals surface area contributed by atoms with Crippen LogP contribution in [0.5, 0.6) is 0 Å². The van der Waals surface area contributed by atoms with E-state index < -0.39 is 0 Å². The molecule has 0 bridgehead atoms. The fraction of sp³-hybridized carbons (Fsp3) is 0.308. The van der Waals surface area contributed by atoms with Crippen LogP contribution in [0.2, 0.25) is 0 Å². The van der Waals surface area contributed by atoms with Crippen LogP contribution in [0.3, 0.4) is 0 Å². The van der Waals surface area contributed by atoms with E-state index in [1.54, 1.807) is 0 Å². The Bertz CT molecular complexity index is 572. The predicted molar refractivity (Wildman–Crippen MR) is 73.2 cm³/mol. The number of carbonyl (C=O) groups excluding carboxylic acids is 1. The van der Waals surface area contributed by atoms with Crippen molar-refractivity contribution in [2.75, 3.05) is 0 Å². The topological polar surface area (TPSA) is 34.0 Å². The molecule has 0 aliphatic heterocycles. The number of rotatable bonds is 2. The van der Waals surface area contributed by atoms with E-state index in [0.29, 0.717) is 0 Å². The third-order valence-corrected chi connectivity index (χ3v) is 3.11. The molecule has 2 rings (SSSR count). The summed E-state index contributed by atoms with van der Waals surface area (Å²) < 4.78 is 2.95. The Morgan fingerprint density at radius 1 is 1.41 bits per heavy atom. The van der Waals surface area contributed by atoms with Gasteiger partial charge in [-0.3, -0.25) is 4.79 Å². The zero-order valence-corrected chi connectivity index (χ0v) is 11.7. The second kappa shape index (κ2) is 4.53. The van der Waals surface area contributed by atoms with Crippen LogP contribution in [0.15, 0.2) is 28.9 Å². The zero-order valence-electron chi connectivity index (χ0n) is 10.1. The molecule has 0 unspecified atom stereocenters. The highest BCUT2D eigenvalue weighted by atomic mass is 79.9. The third kappa shape index (κ3) is 2.36. The SMILES string of the molecule is CC(C)NC(=O)c1cn(C)c2ccc(Br)cc12. The van der Waals surface area contributed by atoms with Crippen LogP contribution in [0, 0.1) is 0 Å². The van der Waals surface area contributed by atoms with Crippen molar-refractivity contribution in [1.29, 1.82) is 0 Å². The number of aromatic nitrogens is 1. The average molecular weight is 295 g/mol. The van der Waals surface area contributed by atoms with Crippen molar-refractivity contribution in [1.82, 2.24) is 9.88 Å². The summed E-state index contributed by atoms with van der Waals surface area (Å²) in [7, 11) is 1.95. The molecule has 1 aromatic carbocycles. The fourth-order valence-corrected chi connectivity index (χ4v) is 2.25. The number of fused-ring (bicyclic) bond motifs is 1. The Labute approximate surface area is 109 Å². The molecule has 1 amide bonds. The molecule has 3 nitrogen and oxygen atoms in total. The summed E-state index contributed by atoms with van der Waals surface area (Å²) in [5, 5.41) is 3.89. The lowest BCUT2D eigenvalue weighted by Crippen LogP contribution is -2.29. The molecule has 0 saturated heterocycles. The van der Waals surface area contributed by atoms with E-state index in [9.17, 15) is 4.79 Å². The standard InChI is InChI=1S/C13H15BrN2O/c1-8(2)15-13(17)11-7-16(3)12-5-4-9(14)6-10(11)12/h4-8H,1-3H3,(H,15,17). The Kier molecular flexibility index (Phi) is 3.24. The summed E-state index contributed by atoms with van der Waals surface area (Å²) in [4.78, 5) is 12.1. The summed E-state index contributed by atoms with van der Waals surface area (Å²) in [6.07, 6.45) is 1.87. The summed E-state index contributed by atoms with van der Waals surface area (Å²) >= 11 is 3.43. The minimum Gasteiger partial charge on any atom is -0.350 e. The van der Waals surface area contributed by atoms with Gasteiger partial charge in [0.2, 0.25) is 0 Å². The summed E-state index contributed by atoms with van der Waals surface area (Å²) in [5.41, 5.74) is 1.78. The van der Waals surface area contributed by atoms with Gasteiger partial charge in [0.25, 0.3) is 5.91 Å². The van der Waals surface area contributed by atoms with Crippen molar-refractivity contribution in [2.24, 2.45) is 7.05 Å². The van der Waals surface area contributed by atoms with Gasteiger partial charge in [-0.2, -0.15) is 0 Å². The molecule has 90 valence electrons. The van der Waals surface area contributed by atoms with Crippen LogP contribution < -0.4 is 5.32 Å². The van der Waals surface area contributed by atoms with Crippen LogP contribution in [0.25, 0.3) is 10.9 Å². The van der Waals surface area contributed by atoms with Crippen LogP contribution in [0.4, 0.5) is 0 Å². The molecule has 1 heterocycles. The minimum atomic E-state index is -0.0244. The molecule has 2 aromatic rings. The van der Waals surface area contributed by atoms with E-state index in [2.05, 4.69) is 21.2 Å². The Morgan fingerprint density at radius 3 is 2.76 bits per heavy atom. The highest BCUT2D eigenvalue weighted by Crippen LogP contribution is 2.24. The highest BCUT2D eigenvalue weighted by molar-refractivity contribution is 9.10. The number of hydrogen-bond acceptors (Lipinski definition) is 1. The maximum atomic E-state index is 12.1. The lowest BCUT2D eigenvalue weighted by Gasteiger charge is -2.07. The molecule has 0 radical (unpaired) electrons. The van der Waals surface area contributed by atoms with Gasteiger partial charge in [-0.15, -0.1) is 0 Å². The Morgan fingerprint density at radius 2 is 2.12 bits per heavy atom. The second-order valence-electron chi connectivity index (χ2n) is 4.44. The summed E-state index contributed by atoms with van der Waals surface area (Å²) in [6, 6.07) is 6.10. The normalized spacial score (nSPS) is 11.1. The first-order valence-electron chi connectivity index (χ1n) is 5.54. The monoisotopic (exact) mass is 294 g/mol. The molecule has 0 saturated carbocycles. The van der Waals surface area contributed by atoms with Gasteiger partial charge in [-0.1, -0.05) is 15.9 Å². The van der Waals surface area contributed by atoms with E-state index in [4.69, 9.17) is 0 Å². The molecule has 0 atom stereocenters. The van der Waals surface area contributed by atoms with E-state index in [-0.39, 0.29) is 11.9 Å². The number of carbonyl (C=O) groups is 1. The number of hydrogen-bond donors (Lipinski definition) is 1. The Balaban J connectivity index is 2.54. The van der Waals surface area contributed by atoms with E-state index >= 15 is 0 Å². The third-order valence-electron chi connectivity index (χ3n) is 2.62. The number of amides is 1. The number of benzene rings is 1. The van der Waals surface area contributed by atoms with Gasteiger partial charge in [0.05, 0.1) is 5.56 Å². The van der Waals surface area contributed by atoms with Crippen LogP contribution in [0.1, 0.15) is 24.2 Å². The largest absolute Gasteiger partial charge is 0.350 e. The van der Waals surface area contributed by atoms with E-state index in [0.717, 1.165) is 20.9 Å². The van der Waals surface area contributed by atoms with Gasteiger partial charge >= 0.3 is 0 Å². The van der Waals surface area contributed by atoms with Crippen molar-refractivity contribution in [3.05, 3.63) is 34.4 Å². The maximum absolute atomic E-state index is 12.1. The molecular formula is C13H15BrN2O. The van der Waals surface area contributed by atoms with Crippen molar-refractivity contribution >= 4 is 32.7 Å². The molecule has 0 spiro atoms. The molecular weight excluding hydrogens is 280 g/mol. The zero-order chi connectivity index (χ0) is 12.6. The lowest BCUT2D eigenvalue weighted by molar-refractivity contribution is 0.0944. The number of halogens is 1. The molecule has 4 heteroatoms. The van der Waals surface area contributed by atoms with Gasteiger partial charge in [0.15, 0.2) is 0 Å². The van der Waals surface area contributed by atoms with Crippen LogP contribution in [-0.4, -0.2) is 16.5 Å². The van der Waals surface area contributed by atoms with Crippen LogP contribution >= 0.6 is 15.9 Å². The van der Waals surface area contributed by atoms with Crippen LogP contribution in [-0.2, 0) is 7.05 Å². The Hall–Kier alpha value is -1.29. The lowest BCUT2D eigenvalue weighted by atomic mass is 10.1. The van der Waals surface area contributed by atoms with Gasteiger partial charge in [0.1, 0.15) is 0 Å². The number of nitrogens with zero attached hydrogens (tertiary/aromatic N) is 1. The molecule has 0 fully saturated rings. The molecule has 0 aliphatic carbocycles. The minimum absolute atomic E-state index is 0.0244. The van der Waals surface area contributed by atoms with Crippen molar-refractivity contribution in [3.63, 3.8) is 0 Å². The summed E-state index contributed by atoms with van der Waals surface area (Å²) in [5.74, 6) is -0.0244. The van der Waals surface area contributed by atoms with Crippen molar-refractivity contribution in [3.8, 4) is 0 Å². The van der Waals surface area contributed by atoms with Gasteiger partial charge < -0.3 is 9.88 Å². The highest BCUT2D eigenvalue weighted by Gasteiger charge is 2.14. The second-order valence-corrected chi connectivity index (χ2v) is 5.36.